The predicted molar refractivity (Wildman–Crippen MR) is 71.3 cm³/mol. The van der Waals surface area contributed by atoms with Crippen molar-refractivity contribution in [2.75, 3.05) is 0 Å². The third-order valence-corrected chi connectivity index (χ3v) is 4.28. The molecule has 0 bridgehead atoms. The van der Waals surface area contributed by atoms with Gasteiger partial charge in [0.15, 0.2) is 5.78 Å². The Morgan fingerprint density at radius 2 is 2.11 bits per heavy atom. The predicted octanol–water partition coefficient (Wildman–Crippen LogP) is 4.24. The summed E-state index contributed by atoms with van der Waals surface area (Å²) < 4.78 is 14.0. The number of nitrogens with zero attached hydrogens (tertiary/aromatic N) is 1. The maximum Gasteiger partial charge on any atom is 0.160 e. The lowest BCUT2D eigenvalue weighted by Crippen LogP contribution is -2.29. The lowest BCUT2D eigenvalue weighted by Gasteiger charge is -2.24. The molecule has 2 nitrogen and oxygen atoms in total. The van der Waals surface area contributed by atoms with Crippen molar-refractivity contribution >= 4 is 17.4 Å². The number of hydrogen-bond donors (Lipinski definition) is 0. The number of carbonyl (C=O) groups is 1. The summed E-state index contributed by atoms with van der Waals surface area (Å²) in [6.07, 6.45) is 3.51. The molecule has 2 rings (SSSR count). The number of carbonyl (C=O) groups excluding carboxylic acids is 1. The summed E-state index contributed by atoms with van der Waals surface area (Å²) in [7, 11) is 0. The fraction of sp³-hybridized carbons (Fsp3) is 0.467. The first-order valence-corrected chi connectivity index (χ1v) is 6.75. The quantitative estimate of drug-likeness (QED) is 0.830. The van der Waals surface area contributed by atoms with Crippen molar-refractivity contribution < 1.29 is 9.18 Å². The third-order valence-electron chi connectivity index (χ3n) is 3.99. The molecule has 100 valence electrons. The van der Waals surface area contributed by atoms with Crippen molar-refractivity contribution in [3.8, 4) is 6.07 Å². The van der Waals surface area contributed by atoms with Crippen LogP contribution in [-0.4, -0.2) is 5.78 Å². The van der Waals surface area contributed by atoms with E-state index in [4.69, 9.17) is 11.6 Å². The summed E-state index contributed by atoms with van der Waals surface area (Å²) in [5, 5.41) is 9.21. The monoisotopic (exact) mass is 279 g/mol. The number of ketones is 1. The van der Waals surface area contributed by atoms with E-state index >= 15 is 0 Å². The average molecular weight is 280 g/mol. The van der Waals surface area contributed by atoms with Crippen LogP contribution in [0.2, 0.25) is 5.02 Å². The molecule has 19 heavy (non-hydrogen) atoms. The van der Waals surface area contributed by atoms with E-state index in [0.29, 0.717) is 0 Å². The lowest BCUT2D eigenvalue weighted by atomic mass is 9.76. The van der Waals surface area contributed by atoms with Crippen LogP contribution in [0.1, 0.15) is 44.1 Å². The highest BCUT2D eigenvalue weighted by Crippen LogP contribution is 2.42. The van der Waals surface area contributed by atoms with E-state index in [0.717, 1.165) is 25.7 Å². The molecule has 1 aliphatic rings. The molecule has 0 aliphatic heterocycles. The summed E-state index contributed by atoms with van der Waals surface area (Å²) in [5.74, 6) is -1.92. The van der Waals surface area contributed by atoms with E-state index in [1.165, 1.54) is 12.1 Å². The molecule has 1 saturated carbocycles. The molecule has 1 unspecified atom stereocenters. The van der Waals surface area contributed by atoms with Gasteiger partial charge in [0.2, 0.25) is 0 Å². The van der Waals surface area contributed by atoms with Crippen LogP contribution < -0.4 is 0 Å². The zero-order valence-corrected chi connectivity index (χ0v) is 11.5. The molecule has 1 fully saturated rings. The fourth-order valence-electron chi connectivity index (χ4n) is 2.76. The van der Waals surface area contributed by atoms with Crippen LogP contribution in [0.4, 0.5) is 4.39 Å². The number of halogens is 2. The van der Waals surface area contributed by atoms with Crippen LogP contribution in [0.5, 0.6) is 0 Å². The molecular formula is C15H15ClFNO. The summed E-state index contributed by atoms with van der Waals surface area (Å²) >= 11 is 5.72. The van der Waals surface area contributed by atoms with Gasteiger partial charge in [0.1, 0.15) is 11.7 Å². The van der Waals surface area contributed by atoms with Crippen LogP contribution in [0.3, 0.4) is 0 Å². The molecule has 0 N–H and O–H groups in total. The molecule has 4 heteroatoms. The molecule has 0 saturated heterocycles. The highest BCUT2D eigenvalue weighted by atomic mass is 35.5. The molecule has 0 amide bonds. The van der Waals surface area contributed by atoms with Crippen molar-refractivity contribution in [1.82, 2.24) is 0 Å². The van der Waals surface area contributed by atoms with Gasteiger partial charge in [0.05, 0.1) is 11.1 Å². The minimum Gasteiger partial charge on any atom is -0.297 e. The van der Waals surface area contributed by atoms with Gasteiger partial charge < -0.3 is 0 Å². The Kier molecular flexibility index (Phi) is 3.91. The van der Waals surface area contributed by atoms with Crippen LogP contribution in [0.25, 0.3) is 0 Å². The zero-order valence-electron chi connectivity index (χ0n) is 10.7. The summed E-state index contributed by atoms with van der Waals surface area (Å²) in [5.41, 5.74) is -0.414. The number of benzene rings is 1. The summed E-state index contributed by atoms with van der Waals surface area (Å²) in [6, 6.07) is 6.38. The van der Waals surface area contributed by atoms with E-state index in [9.17, 15) is 14.4 Å². The molecule has 0 radical (unpaired) electrons. The second-order valence-electron chi connectivity index (χ2n) is 5.34. The van der Waals surface area contributed by atoms with Crippen molar-refractivity contribution in [3.63, 3.8) is 0 Å². The Morgan fingerprint density at radius 3 is 2.68 bits per heavy atom. The van der Waals surface area contributed by atoms with E-state index in [1.54, 1.807) is 6.07 Å². The summed E-state index contributed by atoms with van der Waals surface area (Å²) in [4.78, 5) is 12.5. The van der Waals surface area contributed by atoms with Gasteiger partial charge in [-0.3, -0.25) is 4.79 Å². The summed E-state index contributed by atoms with van der Waals surface area (Å²) in [6.45, 7) is 1.87. The molecule has 1 aromatic carbocycles. The van der Waals surface area contributed by atoms with Gasteiger partial charge >= 0.3 is 0 Å². The highest BCUT2D eigenvalue weighted by molar-refractivity contribution is 6.30. The maximum absolute atomic E-state index is 14.0. The first-order valence-electron chi connectivity index (χ1n) is 6.37. The standard InChI is InChI=1S/C15H15ClFNO/c1-15(7-2-3-8-15)14(19)11(9-18)10-5-4-6-12(16)13(10)17/h4-6,11H,2-3,7-8H2,1H3. The maximum atomic E-state index is 14.0. The third kappa shape index (κ3) is 2.50. The molecule has 1 aromatic rings. The largest absolute Gasteiger partial charge is 0.297 e. The van der Waals surface area contributed by atoms with Crippen molar-refractivity contribution in [2.45, 2.75) is 38.5 Å². The molecule has 0 spiro atoms. The lowest BCUT2D eigenvalue weighted by molar-refractivity contribution is -0.128. The fourth-order valence-corrected chi connectivity index (χ4v) is 2.94. The minimum absolute atomic E-state index is 0.0536. The van der Waals surface area contributed by atoms with Gasteiger partial charge in [-0.15, -0.1) is 0 Å². The van der Waals surface area contributed by atoms with Gasteiger partial charge in [0, 0.05) is 11.0 Å². The first-order chi connectivity index (χ1) is 8.99. The Hall–Kier alpha value is -1.40. The normalized spacial score (nSPS) is 18.8. The van der Waals surface area contributed by atoms with Gasteiger partial charge in [-0.05, 0) is 18.9 Å². The molecule has 1 aliphatic carbocycles. The van der Waals surface area contributed by atoms with Crippen molar-refractivity contribution in [2.24, 2.45) is 5.41 Å². The van der Waals surface area contributed by atoms with Gasteiger partial charge in [-0.2, -0.15) is 5.26 Å². The van der Waals surface area contributed by atoms with Crippen molar-refractivity contribution in [1.29, 1.82) is 5.26 Å². The van der Waals surface area contributed by atoms with Crippen molar-refractivity contribution in [3.05, 3.63) is 34.6 Å². The Balaban J connectivity index is 2.38. The molecular weight excluding hydrogens is 265 g/mol. The Labute approximate surface area is 117 Å². The molecule has 0 heterocycles. The smallest absolute Gasteiger partial charge is 0.160 e. The SMILES string of the molecule is CC1(C(=O)C(C#N)c2cccc(Cl)c2F)CCCC1. The first kappa shape index (κ1) is 14.0. The Bertz CT molecular complexity index is 544. The van der Waals surface area contributed by atoms with Gasteiger partial charge in [-0.1, -0.05) is 43.5 Å². The Morgan fingerprint density at radius 1 is 1.47 bits per heavy atom. The van der Waals surface area contributed by atoms with E-state index in [2.05, 4.69) is 0 Å². The van der Waals surface area contributed by atoms with Crippen LogP contribution in [0, 0.1) is 22.6 Å². The highest BCUT2D eigenvalue weighted by Gasteiger charge is 2.41. The van der Waals surface area contributed by atoms with Crippen LogP contribution >= 0.6 is 11.6 Å². The number of hydrogen-bond acceptors (Lipinski definition) is 2. The van der Waals surface area contributed by atoms with Crippen LogP contribution in [-0.2, 0) is 4.79 Å². The minimum atomic E-state index is -1.07. The average Bonchev–Trinajstić information content (AvgIpc) is 2.83. The zero-order chi connectivity index (χ0) is 14.0. The molecule has 0 aromatic heterocycles. The number of nitriles is 1. The second-order valence-corrected chi connectivity index (χ2v) is 5.74. The number of Topliss-reactive ketones (excluding diaryl/α,β-unsaturated/α-hetero) is 1. The molecule has 1 atom stereocenters. The van der Waals surface area contributed by atoms with E-state index in [1.807, 2.05) is 13.0 Å². The van der Waals surface area contributed by atoms with Gasteiger partial charge in [-0.25, -0.2) is 4.39 Å². The van der Waals surface area contributed by atoms with E-state index in [-0.39, 0.29) is 16.4 Å². The topological polar surface area (TPSA) is 40.9 Å². The number of rotatable bonds is 3. The second kappa shape index (κ2) is 5.30. The van der Waals surface area contributed by atoms with Crippen LogP contribution in [0.15, 0.2) is 18.2 Å². The van der Waals surface area contributed by atoms with E-state index < -0.39 is 17.2 Å². The van der Waals surface area contributed by atoms with Gasteiger partial charge in [0.25, 0.3) is 0 Å².